The Balaban J connectivity index is 2.03. The van der Waals surface area contributed by atoms with E-state index in [9.17, 15) is 4.79 Å². The van der Waals surface area contributed by atoms with Crippen LogP contribution < -0.4 is 10.1 Å². The lowest BCUT2D eigenvalue weighted by atomic mass is 10.1. The van der Waals surface area contributed by atoms with Gasteiger partial charge in [0.05, 0.1) is 13.2 Å². The molecule has 0 radical (unpaired) electrons. The number of anilines is 1. The molecule has 0 bridgehead atoms. The van der Waals surface area contributed by atoms with E-state index in [2.05, 4.69) is 11.4 Å². The number of ether oxygens (including phenoxy) is 1. The van der Waals surface area contributed by atoms with Crippen molar-refractivity contribution >= 4 is 22.9 Å². The molecule has 2 aromatic rings. The van der Waals surface area contributed by atoms with Gasteiger partial charge in [-0.3, -0.25) is 4.79 Å². The van der Waals surface area contributed by atoms with Gasteiger partial charge in [0.2, 0.25) is 5.91 Å². The van der Waals surface area contributed by atoms with Crippen LogP contribution in [0.25, 0.3) is 0 Å². The van der Waals surface area contributed by atoms with Crippen molar-refractivity contribution in [1.29, 1.82) is 5.26 Å². The fourth-order valence-corrected chi connectivity index (χ4v) is 2.51. The minimum Gasteiger partial charge on any atom is -0.497 e. The molecule has 1 N–H and O–H groups in total. The molecule has 102 valence electrons. The number of methoxy groups -OCH3 is 1. The van der Waals surface area contributed by atoms with Crippen molar-refractivity contribution in [3.05, 3.63) is 46.7 Å². The molecule has 1 aromatic heterocycles. The fraction of sp³-hybridized carbons (Fsp3) is 0.200. The average molecular weight is 286 g/mol. The van der Waals surface area contributed by atoms with E-state index in [0.717, 1.165) is 4.88 Å². The predicted octanol–water partition coefficient (Wildman–Crippen LogP) is 3.08. The maximum Gasteiger partial charge on any atom is 0.242 e. The van der Waals surface area contributed by atoms with Gasteiger partial charge >= 0.3 is 0 Å². The molecule has 0 fully saturated rings. The van der Waals surface area contributed by atoms with E-state index in [1.165, 1.54) is 0 Å². The van der Waals surface area contributed by atoms with Crippen LogP contribution in [0.15, 0.2) is 41.8 Å². The quantitative estimate of drug-likeness (QED) is 0.918. The Morgan fingerprint density at radius 1 is 1.45 bits per heavy atom. The van der Waals surface area contributed by atoms with Gasteiger partial charge in [-0.2, -0.15) is 5.26 Å². The molecule has 2 rings (SSSR count). The summed E-state index contributed by atoms with van der Waals surface area (Å²) in [6.07, 6.45) is 0.434. The monoisotopic (exact) mass is 286 g/mol. The maximum atomic E-state index is 12.1. The van der Waals surface area contributed by atoms with E-state index in [-0.39, 0.29) is 5.91 Å². The van der Waals surface area contributed by atoms with Gasteiger partial charge in [0.15, 0.2) is 0 Å². The van der Waals surface area contributed by atoms with Gasteiger partial charge in [-0.15, -0.1) is 11.3 Å². The molecule has 0 saturated heterocycles. The number of amides is 1. The number of nitriles is 1. The van der Waals surface area contributed by atoms with Crippen molar-refractivity contribution in [2.45, 2.75) is 6.42 Å². The van der Waals surface area contributed by atoms with Crippen LogP contribution in [0.4, 0.5) is 5.69 Å². The summed E-state index contributed by atoms with van der Waals surface area (Å²) in [5, 5.41) is 13.8. The topological polar surface area (TPSA) is 62.1 Å². The molecular weight excluding hydrogens is 272 g/mol. The third-order valence-electron chi connectivity index (χ3n) is 2.80. The molecule has 0 aliphatic carbocycles. The summed E-state index contributed by atoms with van der Waals surface area (Å²) in [5.74, 6) is -0.330. The number of carbonyl (C=O) groups is 1. The van der Waals surface area contributed by atoms with Crippen LogP contribution in [-0.2, 0) is 11.2 Å². The highest BCUT2D eigenvalue weighted by atomic mass is 32.1. The Hall–Kier alpha value is -2.32. The molecule has 0 spiro atoms. The van der Waals surface area contributed by atoms with Crippen molar-refractivity contribution in [1.82, 2.24) is 0 Å². The Bertz CT molecular complexity index is 617. The summed E-state index contributed by atoms with van der Waals surface area (Å²) < 4.78 is 5.09. The van der Waals surface area contributed by atoms with E-state index in [4.69, 9.17) is 10.00 Å². The van der Waals surface area contributed by atoms with Crippen molar-refractivity contribution in [3.63, 3.8) is 0 Å². The second kappa shape index (κ2) is 6.73. The first-order chi connectivity index (χ1) is 9.72. The molecule has 4 nitrogen and oxygen atoms in total. The van der Waals surface area contributed by atoms with E-state index >= 15 is 0 Å². The number of thiophene rings is 1. The molecule has 20 heavy (non-hydrogen) atoms. The SMILES string of the molecule is COc1cccc(NC(=O)[C@H](C#N)Cc2cccs2)c1. The van der Waals surface area contributed by atoms with Crippen LogP contribution in [0.1, 0.15) is 4.88 Å². The van der Waals surface area contributed by atoms with Crippen LogP contribution >= 0.6 is 11.3 Å². The van der Waals surface area contributed by atoms with Gasteiger partial charge in [0.1, 0.15) is 11.7 Å². The van der Waals surface area contributed by atoms with Crippen LogP contribution in [0.3, 0.4) is 0 Å². The zero-order valence-electron chi connectivity index (χ0n) is 11.0. The first-order valence-electron chi connectivity index (χ1n) is 6.10. The highest BCUT2D eigenvalue weighted by Gasteiger charge is 2.19. The molecule has 0 aliphatic rings. The van der Waals surface area contributed by atoms with Crippen LogP contribution in [0.2, 0.25) is 0 Å². The molecule has 0 unspecified atom stereocenters. The standard InChI is InChI=1S/C15H14N2O2S/c1-19-13-5-2-4-12(9-13)17-15(18)11(10-16)8-14-6-3-7-20-14/h2-7,9,11H,8H2,1H3,(H,17,18)/t11-/m0/s1. The summed E-state index contributed by atoms with van der Waals surface area (Å²) in [5.41, 5.74) is 0.626. The van der Waals surface area contributed by atoms with Crippen molar-refractivity contribution in [3.8, 4) is 11.8 Å². The van der Waals surface area contributed by atoms with Gasteiger partial charge in [-0.1, -0.05) is 12.1 Å². The summed E-state index contributed by atoms with van der Waals surface area (Å²) >= 11 is 1.55. The summed E-state index contributed by atoms with van der Waals surface area (Å²) in [6, 6.07) is 13.0. The highest BCUT2D eigenvalue weighted by Crippen LogP contribution is 2.19. The normalized spacial score (nSPS) is 11.4. The molecule has 5 heteroatoms. The van der Waals surface area contributed by atoms with Crippen molar-refractivity contribution < 1.29 is 9.53 Å². The molecular formula is C15H14N2O2S. The lowest BCUT2D eigenvalue weighted by Crippen LogP contribution is -2.23. The number of hydrogen-bond donors (Lipinski definition) is 1. The van der Waals surface area contributed by atoms with Crippen LogP contribution in [0, 0.1) is 17.2 Å². The third kappa shape index (κ3) is 3.59. The smallest absolute Gasteiger partial charge is 0.242 e. The summed E-state index contributed by atoms with van der Waals surface area (Å²) in [4.78, 5) is 13.1. The predicted molar refractivity (Wildman–Crippen MR) is 78.7 cm³/mol. The van der Waals surface area contributed by atoms with Gasteiger partial charge in [0.25, 0.3) is 0 Å². The van der Waals surface area contributed by atoms with Gasteiger partial charge in [-0.05, 0) is 23.6 Å². The zero-order valence-corrected chi connectivity index (χ0v) is 11.8. The van der Waals surface area contributed by atoms with E-state index in [1.807, 2.05) is 17.5 Å². The van der Waals surface area contributed by atoms with Gasteiger partial charge in [0, 0.05) is 23.1 Å². The third-order valence-corrected chi connectivity index (χ3v) is 3.69. The van der Waals surface area contributed by atoms with E-state index < -0.39 is 5.92 Å². The lowest BCUT2D eigenvalue weighted by molar-refractivity contribution is -0.118. The lowest BCUT2D eigenvalue weighted by Gasteiger charge is -2.10. The first kappa shape index (κ1) is 14.1. The Labute approximate surface area is 121 Å². The number of nitrogens with zero attached hydrogens (tertiary/aromatic N) is 1. The number of benzene rings is 1. The average Bonchev–Trinajstić information content (AvgIpc) is 2.97. The van der Waals surface area contributed by atoms with Crippen molar-refractivity contribution in [2.24, 2.45) is 5.92 Å². The minimum atomic E-state index is -0.695. The van der Waals surface area contributed by atoms with Gasteiger partial charge in [-0.25, -0.2) is 0 Å². The molecule has 1 amide bonds. The second-order valence-electron chi connectivity index (χ2n) is 4.19. The van der Waals surface area contributed by atoms with Crippen LogP contribution in [0.5, 0.6) is 5.75 Å². The zero-order chi connectivity index (χ0) is 14.4. The second-order valence-corrected chi connectivity index (χ2v) is 5.22. The fourth-order valence-electron chi connectivity index (χ4n) is 1.76. The summed E-state index contributed by atoms with van der Waals surface area (Å²) in [7, 11) is 1.57. The van der Waals surface area contributed by atoms with Gasteiger partial charge < -0.3 is 10.1 Å². The number of hydrogen-bond acceptors (Lipinski definition) is 4. The molecule has 1 aromatic carbocycles. The Kier molecular flexibility index (Phi) is 4.75. The van der Waals surface area contributed by atoms with Crippen LogP contribution in [-0.4, -0.2) is 13.0 Å². The molecule has 0 saturated carbocycles. The minimum absolute atomic E-state index is 0.297. The molecule has 1 heterocycles. The number of rotatable bonds is 5. The Morgan fingerprint density at radius 3 is 2.95 bits per heavy atom. The number of nitrogens with one attached hydrogen (secondary N) is 1. The summed E-state index contributed by atoms with van der Waals surface area (Å²) in [6.45, 7) is 0. The number of carbonyl (C=O) groups excluding carboxylic acids is 1. The largest absolute Gasteiger partial charge is 0.497 e. The van der Waals surface area contributed by atoms with E-state index in [0.29, 0.717) is 17.9 Å². The highest BCUT2D eigenvalue weighted by molar-refractivity contribution is 7.09. The maximum absolute atomic E-state index is 12.1. The van der Waals surface area contributed by atoms with E-state index in [1.54, 1.807) is 42.7 Å². The Morgan fingerprint density at radius 2 is 2.30 bits per heavy atom. The molecule has 0 aliphatic heterocycles. The molecule has 1 atom stereocenters. The first-order valence-corrected chi connectivity index (χ1v) is 6.98. The van der Waals surface area contributed by atoms with Crippen molar-refractivity contribution in [2.75, 3.05) is 12.4 Å².